The summed E-state index contributed by atoms with van der Waals surface area (Å²) in [6.07, 6.45) is -11.7. The van der Waals surface area contributed by atoms with Crippen molar-refractivity contribution < 1.29 is 106 Å². The molecular formula is C57H76N4O22S4. The van der Waals surface area contributed by atoms with Gasteiger partial charge in [-0.05, 0) is 62.3 Å². The molecule has 0 saturated carbocycles. The van der Waals surface area contributed by atoms with Crippen LogP contribution in [0.5, 0.6) is 11.5 Å². The van der Waals surface area contributed by atoms with Gasteiger partial charge in [-0.25, -0.2) is 9.59 Å². The third-order valence-electron chi connectivity index (χ3n) is 15.1. The number of carbonyl (C=O) groups excluding carboxylic acids is 4. The Bertz CT molecular complexity index is 2830. The van der Waals surface area contributed by atoms with Gasteiger partial charge in [0.05, 0.1) is 99.8 Å². The predicted octanol–water partition coefficient (Wildman–Crippen LogP) is 2.64. The quantitative estimate of drug-likeness (QED) is 0.0140. The Morgan fingerprint density at radius 2 is 1.56 bits per heavy atom. The Hall–Kier alpha value is -4.62. The molecule has 6 aliphatic rings. The molecule has 1 aromatic carbocycles. The number of alkyl carbamates (subject to hydrolysis) is 1. The van der Waals surface area contributed by atoms with E-state index in [2.05, 4.69) is 51.7 Å². The maximum absolute atomic E-state index is 15.6. The van der Waals surface area contributed by atoms with E-state index in [4.69, 9.17) is 66.4 Å². The largest absolute Gasteiger partial charge is 0.493 e. The van der Waals surface area contributed by atoms with Crippen molar-refractivity contribution in [2.24, 2.45) is 0 Å². The molecule has 4 aliphatic heterocycles. The molecule has 8 N–H and O–H groups in total. The number of ketones is 1. The standard InChI is InChI=1S/C57H76N4O22S4/c1-27-45(61-83-43-23-35(62)51(84-11)29(3)77-43)48(64)50(81-41-24-37(71-7)34(58-5)26-75-41)55(78-27)80-36-17-15-13-14-16-19-57(69)32(18-20-86-87-85-12)44(36)46(60-56(68)74-10)49(65)52(57)82-42-25-40(47(63)28(2)76-42)79-54(67)31-21-38(72-8)39(73-9)22-33(31)59-53(66)30(4)70-6/h13-14,18,21-22,27-29,34-37,40-43,45,47-48,50-52,55,58,61-64,69H,4,20,23-26H2,1-3,5-12H3,(H,59,66)(H,60,68). The van der Waals surface area contributed by atoms with E-state index in [1.54, 1.807) is 27.2 Å². The van der Waals surface area contributed by atoms with Crippen LogP contribution in [0.15, 0.2) is 59.5 Å². The summed E-state index contributed by atoms with van der Waals surface area (Å²) < 4.78 is 77.5. The Morgan fingerprint density at radius 3 is 2.23 bits per heavy atom. The van der Waals surface area contributed by atoms with Crippen molar-refractivity contribution in [2.75, 3.05) is 72.8 Å². The molecule has 19 atom stereocenters. The van der Waals surface area contributed by atoms with Crippen molar-refractivity contribution in [3.05, 3.63) is 65.1 Å². The Morgan fingerprint density at radius 1 is 0.851 bits per heavy atom. The second-order valence-corrected chi connectivity index (χ2v) is 25.8. The van der Waals surface area contributed by atoms with Gasteiger partial charge < -0.3 is 92.6 Å². The number of ether oxygens (including phenoxy) is 13. The smallest absolute Gasteiger partial charge is 0.411 e. The number of rotatable bonds is 24. The summed E-state index contributed by atoms with van der Waals surface area (Å²) in [5, 5.41) is 56.4. The van der Waals surface area contributed by atoms with Crippen molar-refractivity contribution >= 4 is 72.6 Å². The molecule has 480 valence electrons. The number of fused-ring (bicyclic) bond motifs is 2. The highest BCUT2D eigenvalue weighted by Crippen LogP contribution is 2.44. The van der Waals surface area contributed by atoms with E-state index in [-0.39, 0.29) is 82.3 Å². The van der Waals surface area contributed by atoms with Gasteiger partial charge in [0.25, 0.3) is 5.91 Å². The lowest BCUT2D eigenvalue weighted by Gasteiger charge is -2.47. The summed E-state index contributed by atoms with van der Waals surface area (Å²) in [5.74, 6) is 8.57. The number of likely N-dealkylation sites (N-methyl/N-ethyl adjacent to an activating group) is 1. The maximum Gasteiger partial charge on any atom is 0.411 e. The number of amides is 2. The molecule has 0 aromatic heterocycles. The minimum absolute atomic E-state index is 0.0842. The number of nitrogens with one attached hydrogen (secondary N) is 4. The second-order valence-electron chi connectivity index (χ2n) is 20.4. The average molecular weight is 1300 g/mol. The van der Waals surface area contributed by atoms with Crippen LogP contribution in [0.3, 0.4) is 0 Å². The lowest BCUT2D eigenvalue weighted by Crippen LogP contribution is -2.65. The monoisotopic (exact) mass is 1300 g/mol. The first kappa shape index (κ1) is 69.8. The minimum atomic E-state index is -2.66. The number of anilines is 1. The van der Waals surface area contributed by atoms with Gasteiger partial charge in [0.15, 0.2) is 54.1 Å². The van der Waals surface area contributed by atoms with Crippen molar-refractivity contribution in [1.82, 2.24) is 16.1 Å². The van der Waals surface area contributed by atoms with Crippen LogP contribution in [0.1, 0.15) is 50.4 Å². The van der Waals surface area contributed by atoms with Crippen LogP contribution in [0, 0.1) is 23.7 Å². The van der Waals surface area contributed by atoms with E-state index in [1.165, 1.54) is 95.7 Å². The van der Waals surface area contributed by atoms with Gasteiger partial charge in [0.1, 0.15) is 30.5 Å². The molecule has 0 spiro atoms. The van der Waals surface area contributed by atoms with Crippen LogP contribution < -0.4 is 30.9 Å². The van der Waals surface area contributed by atoms with Gasteiger partial charge in [0, 0.05) is 55.4 Å². The van der Waals surface area contributed by atoms with Gasteiger partial charge in [-0.2, -0.15) is 17.2 Å². The minimum Gasteiger partial charge on any atom is -0.493 e. The number of carbonyl (C=O) groups is 4. The molecule has 4 saturated heterocycles. The van der Waals surface area contributed by atoms with Crippen molar-refractivity contribution in [1.29, 1.82) is 0 Å². The summed E-state index contributed by atoms with van der Waals surface area (Å²) in [6, 6.07) is 1.31. The number of aliphatic hydroxyl groups is 4. The molecule has 2 aliphatic carbocycles. The van der Waals surface area contributed by atoms with Crippen LogP contribution in [0.25, 0.3) is 0 Å². The number of hydroxylamine groups is 1. The molecule has 26 nitrogen and oxygen atoms in total. The summed E-state index contributed by atoms with van der Waals surface area (Å²) in [7, 11) is 12.5. The van der Waals surface area contributed by atoms with E-state index >= 15 is 4.79 Å². The zero-order valence-electron chi connectivity index (χ0n) is 49.8. The predicted molar refractivity (Wildman–Crippen MR) is 321 cm³/mol. The maximum atomic E-state index is 15.6. The normalized spacial score (nSPS) is 34.5. The molecule has 0 radical (unpaired) electrons. The van der Waals surface area contributed by atoms with Gasteiger partial charge in [0.2, 0.25) is 5.78 Å². The number of esters is 1. The number of benzene rings is 1. The second kappa shape index (κ2) is 32.4. The lowest BCUT2D eigenvalue weighted by atomic mass is 9.73. The number of allylic oxidation sites excluding steroid dienone is 2. The number of thioether (sulfide) groups is 1. The molecule has 2 amide bonds. The summed E-state index contributed by atoms with van der Waals surface area (Å²) in [6.45, 7) is 8.64. The fourth-order valence-corrected chi connectivity index (χ4v) is 13.8. The number of hydrogen-bond acceptors (Lipinski definition) is 28. The fourth-order valence-electron chi connectivity index (χ4n) is 10.5. The van der Waals surface area contributed by atoms with Crippen LogP contribution in [-0.4, -0.2) is 227 Å². The number of Topliss-reactive ketones (excluding diaryl/α,β-unsaturated/α-hetero) is 1. The molecular weight excluding hydrogens is 1220 g/mol. The van der Waals surface area contributed by atoms with Gasteiger partial charge in [-0.1, -0.05) is 57.9 Å². The highest BCUT2D eigenvalue weighted by molar-refractivity contribution is 9.09. The molecule has 19 unspecified atom stereocenters. The first-order valence-electron chi connectivity index (χ1n) is 27.5. The van der Waals surface area contributed by atoms with Gasteiger partial charge in [-0.15, -0.1) is 0 Å². The third kappa shape index (κ3) is 16.7. The van der Waals surface area contributed by atoms with Crippen molar-refractivity contribution in [3.8, 4) is 35.2 Å². The van der Waals surface area contributed by atoms with Crippen LogP contribution >= 0.6 is 43.2 Å². The highest BCUT2D eigenvalue weighted by Gasteiger charge is 2.57. The fraction of sp³-hybridized carbons (Fsp3) is 0.614. The van der Waals surface area contributed by atoms with E-state index in [0.29, 0.717) is 0 Å². The van der Waals surface area contributed by atoms with Gasteiger partial charge in [-0.3, -0.25) is 19.7 Å². The van der Waals surface area contributed by atoms with E-state index in [9.17, 15) is 34.8 Å². The molecule has 30 heteroatoms. The molecule has 1 aromatic rings. The van der Waals surface area contributed by atoms with Crippen molar-refractivity contribution in [2.45, 2.75) is 155 Å². The highest BCUT2D eigenvalue weighted by atomic mass is 33.5. The van der Waals surface area contributed by atoms with E-state index in [1.807, 2.05) is 19.4 Å². The van der Waals surface area contributed by atoms with Crippen LogP contribution in [0.2, 0.25) is 0 Å². The van der Waals surface area contributed by atoms with E-state index < -0.39 is 134 Å². The number of hydrogen-bond donors (Lipinski definition) is 8. The van der Waals surface area contributed by atoms with Gasteiger partial charge >= 0.3 is 12.1 Å². The topological polar surface area (TPSA) is 327 Å². The van der Waals surface area contributed by atoms with Crippen molar-refractivity contribution in [3.63, 3.8) is 0 Å². The molecule has 7 rings (SSSR count). The zero-order chi connectivity index (χ0) is 63.3. The SMILES string of the molecule is C=C(OC)C(=O)Nc1cc(OC)c(OC)cc1C(=O)OC1CC(OC2C(=O)C(NC(=O)OC)=C3C(=CCSSSC)C2(O)C#CC=CC#CC3OC2OC(C)C(NOC3CC(O)C(SC)C(C)O3)C(O)C2OC2CC(OC)C(NC)CO2)OC(C)C1O. The van der Waals surface area contributed by atoms with Crippen LogP contribution in [0.4, 0.5) is 10.5 Å². The number of methoxy groups -OCH3 is 5. The summed E-state index contributed by atoms with van der Waals surface area (Å²) in [4.78, 5) is 62.3. The summed E-state index contributed by atoms with van der Waals surface area (Å²) >= 11 is 1.47. The third-order valence-corrected chi connectivity index (χ3v) is 20.0. The first-order valence-corrected chi connectivity index (χ1v) is 32.9. The number of aliphatic hydroxyl groups excluding tert-OH is 3. The molecule has 87 heavy (non-hydrogen) atoms. The first-order chi connectivity index (χ1) is 41.7. The lowest BCUT2D eigenvalue weighted by molar-refractivity contribution is -0.336. The zero-order valence-corrected chi connectivity index (χ0v) is 53.1. The average Bonchev–Trinajstić information content (AvgIpc) is 0.930. The van der Waals surface area contributed by atoms with Crippen LogP contribution in [-0.2, 0) is 66.5 Å². The Labute approximate surface area is 520 Å². The Kier molecular flexibility index (Phi) is 26.0. The summed E-state index contributed by atoms with van der Waals surface area (Å²) in [5.41, 5.74) is -0.961. The molecule has 4 heterocycles. The Balaban J connectivity index is 1.27. The molecule has 4 fully saturated rings. The van der Waals surface area contributed by atoms with E-state index in [0.717, 1.165) is 7.11 Å². The molecule has 2 bridgehead atoms.